The van der Waals surface area contributed by atoms with Crippen molar-refractivity contribution in [2.24, 2.45) is 0 Å². The first-order valence-electron chi connectivity index (χ1n) is 5.44. The average Bonchev–Trinajstić information content (AvgIpc) is 2.40. The van der Waals surface area contributed by atoms with Gasteiger partial charge in [0.25, 0.3) is 0 Å². The molecule has 2 heterocycles. The van der Waals surface area contributed by atoms with Crippen LogP contribution in [-0.4, -0.2) is 22.1 Å². The number of hydrogen-bond donors (Lipinski definition) is 1. The molecule has 18 heavy (non-hydrogen) atoms. The molecule has 5 nitrogen and oxygen atoms in total. The van der Waals surface area contributed by atoms with Crippen molar-refractivity contribution in [1.82, 2.24) is 15.0 Å². The van der Waals surface area contributed by atoms with Crippen molar-refractivity contribution in [2.75, 3.05) is 12.4 Å². The third-order valence-corrected chi connectivity index (χ3v) is 2.72. The van der Waals surface area contributed by atoms with Gasteiger partial charge in [-0.3, -0.25) is 4.98 Å². The number of aromatic nitrogens is 3. The lowest BCUT2D eigenvalue weighted by molar-refractivity contribution is 0.412. The molecular formula is C12H13ClN4O. The molecule has 0 fully saturated rings. The van der Waals surface area contributed by atoms with Crippen molar-refractivity contribution < 1.29 is 4.74 Å². The zero-order valence-corrected chi connectivity index (χ0v) is 10.8. The fourth-order valence-electron chi connectivity index (χ4n) is 1.55. The molecular weight excluding hydrogens is 252 g/mol. The van der Waals surface area contributed by atoms with Crippen LogP contribution in [-0.2, 0) is 0 Å². The number of ether oxygens (including phenoxy) is 1. The summed E-state index contributed by atoms with van der Waals surface area (Å²) in [4.78, 5) is 12.3. The lowest BCUT2D eigenvalue weighted by Crippen LogP contribution is -2.10. The van der Waals surface area contributed by atoms with Gasteiger partial charge in [-0.15, -0.1) is 0 Å². The number of methoxy groups -OCH3 is 1. The third kappa shape index (κ3) is 2.68. The van der Waals surface area contributed by atoms with Crippen molar-refractivity contribution in [2.45, 2.75) is 13.0 Å². The van der Waals surface area contributed by atoms with Gasteiger partial charge in [0.2, 0.25) is 0 Å². The van der Waals surface area contributed by atoms with Crippen LogP contribution in [0, 0.1) is 0 Å². The van der Waals surface area contributed by atoms with E-state index in [4.69, 9.17) is 16.3 Å². The summed E-state index contributed by atoms with van der Waals surface area (Å²) in [6.07, 6.45) is 3.13. The first-order valence-corrected chi connectivity index (χ1v) is 5.82. The van der Waals surface area contributed by atoms with E-state index in [-0.39, 0.29) is 11.2 Å². The Morgan fingerprint density at radius 2 is 2.11 bits per heavy atom. The first kappa shape index (κ1) is 12.6. The molecule has 0 saturated carbocycles. The molecule has 94 valence electrons. The van der Waals surface area contributed by atoms with Crippen LogP contribution in [0.5, 0.6) is 5.75 Å². The molecule has 0 aromatic carbocycles. The molecule has 0 amide bonds. The minimum atomic E-state index is -0.00827. The summed E-state index contributed by atoms with van der Waals surface area (Å²) in [6.45, 7) is 1.98. The first-order chi connectivity index (χ1) is 8.72. The predicted octanol–water partition coefficient (Wildman–Crippen LogP) is 2.71. The van der Waals surface area contributed by atoms with Gasteiger partial charge in [-0.2, -0.15) is 0 Å². The topological polar surface area (TPSA) is 59.9 Å². The van der Waals surface area contributed by atoms with Crippen LogP contribution in [0.15, 0.2) is 30.7 Å². The summed E-state index contributed by atoms with van der Waals surface area (Å²) < 4.78 is 5.17. The van der Waals surface area contributed by atoms with Gasteiger partial charge in [-0.25, -0.2) is 9.97 Å². The lowest BCUT2D eigenvalue weighted by Gasteiger charge is -2.16. The molecule has 6 heteroatoms. The van der Waals surface area contributed by atoms with Crippen molar-refractivity contribution in [3.8, 4) is 5.75 Å². The molecule has 0 saturated heterocycles. The van der Waals surface area contributed by atoms with Gasteiger partial charge >= 0.3 is 0 Å². The van der Waals surface area contributed by atoms with Crippen LogP contribution in [0.2, 0.25) is 5.15 Å². The molecule has 2 rings (SSSR count). The number of nitrogens with one attached hydrogen (secondary N) is 1. The number of rotatable bonds is 4. The van der Waals surface area contributed by atoms with E-state index in [1.165, 1.54) is 13.4 Å². The van der Waals surface area contributed by atoms with Gasteiger partial charge in [0, 0.05) is 6.20 Å². The zero-order valence-electron chi connectivity index (χ0n) is 10.1. The van der Waals surface area contributed by atoms with Crippen LogP contribution >= 0.6 is 11.6 Å². The molecule has 2 aromatic rings. The summed E-state index contributed by atoms with van der Waals surface area (Å²) in [5.41, 5.74) is 0.911. The molecule has 0 bridgehead atoms. The van der Waals surface area contributed by atoms with Crippen molar-refractivity contribution in [3.05, 3.63) is 41.6 Å². The zero-order chi connectivity index (χ0) is 13.0. The fraction of sp³-hybridized carbons (Fsp3) is 0.250. The smallest absolute Gasteiger partial charge is 0.198 e. The van der Waals surface area contributed by atoms with Crippen LogP contribution in [0.3, 0.4) is 0 Å². The highest BCUT2D eigenvalue weighted by molar-refractivity contribution is 6.31. The Labute approximate surface area is 110 Å². The number of anilines is 1. The average molecular weight is 265 g/mol. The lowest BCUT2D eigenvalue weighted by atomic mass is 10.2. The SMILES string of the molecule is COc1c(Cl)ncnc1NC(C)c1ccccn1. The number of halogens is 1. The third-order valence-electron chi connectivity index (χ3n) is 2.45. The number of nitrogens with zero attached hydrogens (tertiary/aromatic N) is 3. The highest BCUT2D eigenvalue weighted by atomic mass is 35.5. The van der Waals surface area contributed by atoms with E-state index in [0.717, 1.165) is 5.69 Å². The minimum absolute atomic E-state index is 0.00827. The summed E-state index contributed by atoms with van der Waals surface area (Å²) in [5.74, 6) is 0.984. The molecule has 2 aromatic heterocycles. The molecule has 0 radical (unpaired) electrons. The normalized spacial score (nSPS) is 11.9. The van der Waals surface area contributed by atoms with Crippen LogP contribution in [0.1, 0.15) is 18.7 Å². The quantitative estimate of drug-likeness (QED) is 0.861. The molecule has 1 unspecified atom stereocenters. The summed E-state index contributed by atoms with van der Waals surface area (Å²) in [5, 5.41) is 3.48. The largest absolute Gasteiger partial charge is 0.490 e. The number of hydrogen-bond acceptors (Lipinski definition) is 5. The minimum Gasteiger partial charge on any atom is -0.490 e. The van der Waals surface area contributed by atoms with Crippen molar-refractivity contribution >= 4 is 17.4 Å². The molecule has 0 aliphatic rings. The maximum absolute atomic E-state index is 5.93. The second-order valence-electron chi connectivity index (χ2n) is 3.67. The second-order valence-corrected chi connectivity index (χ2v) is 4.02. The summed E-state index contributed by atoms with van der Waals surface area (Å²) in [6, 6.07) is 5.74. The Morgan fingerprint density at radius 1 is 1.28 bits per heavy atom. The van der Waals surface area contributed by atoms with Crippen molar-refractivity contribution in [3.63, 3.8) is 0 Å². The van der Waals surface area contributed by atoms with Gasteiger partial charge < -0.3 is 10.1 Å². The van der Waals surface area contributed by atoms with Crippen molar-refractivity contribution in [1.29, 1.82) is 0 Å². The van der Waals surface area contributed by atoms with Crippen LogP contribution in [0.4, 0.5) is 5.82 Å². The van der Waals surface area contributed by atoms with E-state index in [1.807, 2.05) is 25.1 Å². The molecule has 1 N–H and O–H groups in total. The summed E-state index contributed by atoms with van der Waals surface area (Å²) >= 11 is 5.93. The summed E-state index contributed by atoms with van der Waals surface area (Å²) in [7, 11) is 1.53. The van der Waals surface area contributed by atoms with Gasteiger partial charge in [0.05, 0.1) is 18.8 Å². The van der Waals surface area contributed by atoms with E-state index in [2.05, 4.69) is 20.3 Å². The Hall–Kier alpha value is -1.88. The van der Waals surface area contributed by atoms with Gasteiger partial charge in [0.1, 0.15) is 6.33 Å². The van der Waals surface area contributed by atoms with Crippen LogP contribution < -0.4 is 10.1 Å². The van der Waals surface area contributed by atoms with E-state index >= 15 is 0 Å². The maximum atomic E-state index is 5.93. The Balaban J connectivity index is 2.22. The Morgan fingerprint density at radius 3 is 2.78 bits per heavy atom. The molecule has 0 aliphatic heterocycles. The van der Waals surface area contributed by atoms with E-state index in [1.54, 1.807) is 6.20 Å². The molecule has 1 atom stereocenters. The standard InChI is InChI=1S/C12H13ClN4O/c1-8(9-5-3-4-6-14-9)17-12-10(18-2)11(13)15-7-16-12/h3-8H,1-2H3,(H,15,16,17). The second kappa shape index (κ2) is 5.64. The fourth-order valence-corrected chi connectivity index (χ4v) is 1.76. The highest BCUT2D eigenvalue weighted by Gasteiger charge is 2.13. The Kier molecular flexibility index (Phi) is 3.94. The molecule has 0 aliphatic carbocycles. The van der Waals surface area contributed by atoms with E-state index in [0.29, 0.717) is 11.6 Å². The number of pyridine rings is 1. The van der Waals surface area contributed by atoms with Gasteiger partial charge in [-0.05, 0) is 19.1 Å². The van der Waals surface area contributed by atoms with E-state index < -0.39 is 0 Å². The maximum Gasteiger partial charge on any atom is 0.198 e. The van der Waals surface area contributed by atoms with E-state index in [9.17, 15) is 0 Å². The predicted molar refractivity (Wildman–Crippen MR) is 69.9 cm³/mol. The Bertz CT molecular complexity index is 521. The van der Waals surface area contributed by atoms with Gasteiger partial charge in [-0.1, -0.05) is 17.7 Å². The van der Waals surface area contributed by atoms with Crippen LogP contribution in [0.25, 0.3) is 0 Å². The molecule has 0 spiro atoms. The monoisotopic (exact) mass is 264 g/mol. The highest BCUT2D eigenvalue weighted by Crippen LogP contribution is 2.30. The van der Waals surface area contributed by atoms with Gasteiger partial charge in [0.15, 0.2) is 16.7 Å².